The van der Waals surface area contributed by atoms with Gasteiger partial charge in [0.1, 0.15) is 11.2 Å². The molecule has 7 aromatic carbocycles. The minimum Gasteiger partial charge on any atom is -0.456 e. The van der Waals surface area contributed by atoms with Crippen molar-refractivity contribution in [2.24, 2.45) is 0 Å². The zero-order valence-electron chi connectivity index (χ0n) is 24.2. The molecule has 0 saturated heterocycles. The van der Waals surface area contributed by atoms with E-state index in [9.17, 15) is 0 Å². The van der Waals surface area contributed by atoms with E-state index in [0.717, 1.165) is 44.2 Å². The van der Waals surface area contributed by atoms with Crippen LogP contribution in [0.3, 0.4) is 0 Å². The van der Waals surface area contributed by atoms with Gasteiger partial charge in [-0.2, -0.15) is 0 Å². The predicted molar refractivity (Wildman–Crippen MR) is 184 cm³/mol. The molecule has 0 bridgehead atoms. The van der Waals surface area contributed by atoms with Crippen molar-refractivity contribution in [3.05, 3.63) is 152 Å². The minimum absolute atomic E-state index is 0.605. The van der Waals surface area contributed by atoms with Gasteiger partial charge in [0.2, 0.25) is 0 Å². The van der Waals surface area contributed by atoms with Gasteiger partial charge in [-0.15, -0.1) is 0 Å². The second-order valence-electron chi connectivity index (χ2n) is 11.3. The van der Waals surface area contributed by atoms with Crippen LogP contribution in [0.5, 0.6) is 0 Å². The molecule has 210 valence electrons. The Hall–Kier alpha value is -6.13. The van der Waals surface area contributed by atoms with Crippen molar-refractivity contribution in [2.75, 3.05) is 0 Å². The summed E-state index contributed by atoms with van der Waals surface area (Å²) in [4.78, 5) is 14.6. The fourth-order valence-electron chi connectivity index (χ4n) is 6.31. The van der Waals surface area contributed by atoms with Crippen molar-refractivity contribution >= 4 is 43.5 Å². The second-order valence-corrected chi connectivity index (χ2v) is 11.3. The molecule has 0 aliphatic carbocycles. The molecule has 0 aliphatic heterocycles. The number of furan rings is 1. The van der Waals surface area contributed by atoms with Crippen LogP contribution in [-0.2, 0) is 0 Å². The van der Waals surface area contributed by atoms with Crippen LogP contribution in [0.2, 0.25) is 0 Å². The number of benzene rings is 7. The highest BCUT2D eigenvalue weighted by Crippen LogP contribution is 2.39. The Bertz CT molecular complexity index is 2480. The molecule has 45 heavy (non-hydrogen) atoms. The molecule has 4 nitrogen and oxygen atoms in total. The van der Waals surface area contributed by atoms with Crippen LogP contribution in [0, 0.1) is 0 Å². The lowest BCUT2D eigenvalue weighted by molar-refractivity contribution is 0.669. The van der Waals surface area contributed by atoms with E-state index in [1.54, 1.807) is 0 Å². The zero-order valence-corrected chi connectivity index (χ0v) is 24.2. The summed E-state index contributed by atoms with van der Waals surface area (Å²) in [6.07, 6.45) is 0. The molecule has 2 aromatic heterocycles. The summed E-state index contributed by atoms with van der Waals surface area (Å²) in [5.41, 5.74) is 6.78. The Morgan fingerprint density at radius 2 is 0.911 bits per heavy atom. The molecule has 9 aromatic rings. The van der Waals surface area contributed by atoms with Crippen LogP contribution in [0.1, 0.15) is 0 Å². The van der Waals surface area contributed by atoms with Crippen molar-refractivity contribution < 1.29 is 4.42 Å². The third-order valence-corrected chi connectivity index (χ3v) is 8.51. The zero-order chi connectivity index (χ0) is 29.7. The topological polar surface area (TPSA) is 51.8 Å². The Morgan fingerprint density at radius 1 is 0.333 bits per heavy atom. The van der Waals surface area contributed by atoms with Gasteiger partial charge in [0.25, 0.3) is 0 Å². The largest absolute Gasteiger partial charge is 0.456 e. The number of aromatic nitrogens is 3. The first kappa shape index (κ1) is 25.4. The molecular formula is C41H25N3O. The van der Waals surface area contributed by atoms with Gasteiger partial charge in [-0.25, -0.2) is 15.0 Å². The fourth-order valence-corrected chi connectivity index (χ4v) is 6.31. The highest BCUT2D eigenvalue weighted by molar-refractivity contribution is 6.15. The second kappa shape index (κ2) is 10.2. The first-order valence-electron chi connectivity index (χ1n) is 15.0. The Labute approximate surface area is 259 Å². The maximum Gasteiger partial charge on any atom is 0.164 e. The summed E-state index contributed by atoms with van der Waals surface area (Å²) in [6.45, 7) is 0. The standard InChI is InChI=1S/C41H25N3O/c1-3-11-26(12-4-1)39-42-40(27-13-5-2-6-14-27)44-41(43-39)30-19-21-34-36-24-29(20-22-37(36)45-38(34)25-30)35-23-28-15-7-8-16-31(28)32-17-9-10-18-33(32)35/h1-25H. The van der Waals surface area contributed by atoms with Gasteiger partial charge in [0.15, 0.2) is 17.5 Å². The van der Waals surface area contributed by atoms with Crippen molar-refractivity contribution in [2.45, 2.75) is 0 Å². The first-order valence-corrected chi connectivity index (χ1v) is 15.0. The van der Waals surface area contributed by atoms with Crippen molar-refractivity contribution in [1.82, 2.24) is 15.0 Å². The van der Waals surface area contributed by atoms with E-state index in [1.165, 1.54) is 27.1 Å². The summed E-state index contributed by atoms with van der Waals surface area (Å²) in [5, 5.41) is 7.13. The van der Waals surface area contributed by atoms with Crippen molar-refractivity contribution in [1.29, 1.82) is 0 Å². The van der Waals surface area contributed by atoms with E-state index in [-0.39, 0.29) is 0 Å². The third kappa shape index (κ3) is 4.35. The molecule has 0 atom stereocenters. The number of fused-ring (bicyclic) bond motifs is 6. The van der Waals surface area contributed by atoms with E-state index >= 15 is 0 Å². The van der Waals surface area contributed by atoms with Crippen LogP contribution in [0.15, 0.2) is 156 Å². The Morgan fingerprint density at radius 3 is 1.62 bits per heavy atom. The van der Waals surface area contributed by atoms with Gasteiger partial charge >= 0.3 is 0 Å². The molecule has 2 heterocycles. The molecule has 0 radical (unpaired) electrons. The molecule has 0 saturated carbocycles. The van der Waals surface area contributed by atoms with E-state index in [1.807, 2.05) is 66.7 Å². The van der Waals surface area contributed by atoms with E-state index in [2.05, 4.69) is 84.9 Å². The third-order valence-electron chi connectivity index (χ3n) is 8.51. The lowest BCUT2D eigenvalue weighted by Gasteiger charge is -2.11. The van der Waals surface area contributed by atoms with Crippen molar-refractivity contribution in [3.63, 3.8) is 0 Å². The predicted octanol–water partition coefficient (Wildman–Crippen LogP) is 10.7. The summed E-state index contributed by atoms with van der Waals surface area (Å²) in [6, 6.07) is 52.3. The summed E-state index contributed by atoms with van der Waals surface area (Å²) in [7, 11) is 0. The Balaban J connectivity index is 1.19. The van der Waals surface area contributed by atoms with Gasteiger partial charge in [-0.1, -0.05) is 121 Å². The smallest absolute Gasteiger partial charge is 0.164 e. The SMILES string of the molecule is c1ccc(-c2nc(-c3ccccc3)nc(-c3ccc4c(c3)oc3ccc(-c5cc6ccccc6c6ccccc56)cc34)n2)cc1. The van der Waals surface area contributed by atoms with E-state index < -0.39 is 0 Å². The molecule has 0 N–H and O–H groups in total. The number of hydrogen-bond acceptors (Lipinski definition) is 4. The number of rotatable bonds is 4. The van der Waals surface area contributed by atoms with Crippen LogP contribution in [0.25, 0.3) is 88.8 Å². The first-order chi connectivity index (χ1) is 22.3. The number of hydrogen-bond donors (Lipinski definition) is 0. The molecule has 0 amide bonds. The fraction of sp³-hybridized carbons (Fsp3) is 0. The summed E-state index contributed by atoms with van der Waals surface area (Å²) >= 11 is 0. The van der Waals surface area contributed by atoms with Crippen LogP contribution < -0.4 is 0 Å². The summed E-state index contributed by atoms with van der Waals surface area (Å²) in [5.74, 6) is 1.88. The van der Waals surface area contributed by atoms with Gasteiger partial charge in [0.05, 0.1) is 0 Å². The quantitative estimate of drug-likeness (QED) is 0.196. The normalized spacial score (nSPS) is 11.6. The van der Waals surface area contributed by atoms with Gasteiger partial charge < -0.3 is 4.42 Å². The maximum atomic E-state index is 6.42. The maximum absolute atomic E-state index is 6.42. The average molecular weight is 576 g/mol. The molecule has 4 heteroatoms. The van der Waals surface area contributed by atoms with Crippen molar-refractivity contribution in [3.8, 4) is 45.3 Å². The molecule has 0 unspecified atom stereocenters. The van der Waals surface area contributed by atoms with Crippen LogP contribution in [-0.4, -0.2) is 15.0 Å². The van der Waals surface area contributed by atoms with Crippen LogP contribution >= 0.6 is 0 Å². The van der Waals surface area contributed by atoms with Gasteiger partial charge in [-0.3, -0.25) is 0 Å². The molecule has 9 rings (SSSR count). The Kier molecular flexibility index (Phi) is 5.78. The van der Waals surface area contributed by atoms with Gasteiger partial charge in [-0.05, 0) is 63.0 Å². The lowest BCUT2D eigenvalue weighted by atomic mass is 9.92. The highest BCUT2D eigenvalue weighted by atomic mass is 16.3. The minimum atomic E-state index is 0.605. The number of nitrogens with zero attached hydrogens (tertiary/aromatic N) is 3. The summed E-state index contributed by atoms with van der Waals surface area (Å²) < 4.78 is 6.42. The highest BCUT2D eigenvalue weighted by Gasteiger charge is 2.16. The lowest BCUT2D eigenvalue weighted by Crippen LogP contribution is -2.00. The molecule has 0 fully saturated rings. The molecular weight excluding hydrogens is 550 g/mol. The molecule has 0 aliphatic rings. The van der Waals surface area contributed by atoms with Gasteiger partial charge in [0, 0.05) is 27.5 Å². The molecule has 0 spiro atoms. The van der Waals surface area contributed by atoms with E-state index in [0.29, 0.717) is 17.5 Å². The van der Waals surface area contributed by atoms with Crippen LogP contribution in [0.4, 0.5) is 0 Å². The van der Waals surface area contributed by atoms with E-state index in [4.69, 9.17) is 19.4 Å². The monoisotopic (exact) mass is 575 g/mol. The average Bonchev–Trinajstić information content (AvgIpc) is 3.49.